The lowest BCUT2D eigenvalue weighted by molar-refractivity contribution is 0.114. The highest BCUT2D eigenvalue weighted by atomic mass is 16.6. The molecule has 0 aliphatic rings. The molecule has 1 aromatic heterocycles. The lowest BCUT2D eigenvalue weighted by atomic mass is 10.00. The van der Waals surface area contributed by atoms with Crippen molar-refractivity contribution >= 4 is 6.16 Å². The summed E-state index contributed by atoms with van der Waals surface area (Å²) in [6.07, 6.45) is 8.38. The van der Waals surface area contributed by atoms with E-state index in [4.69, 9.17) is 9.90 Å². The standard InChI is InChI=1S/C11H20N2.C2H4O3/c1-4-5-11(8-10(2)3)13-7-6-12-9-13;1-5-2(3)4/h6-7,9-11H,4-5,8H2,1-3H3;1H3,(H,3,4). The van der Waals surface area contributed by atoms with Crippen LogP contribution >= 0.6 is 0 Å². The fraction of sp³-hybridized carbons (Fsp3) is 0.692. The Morgan fingerprint density at radius 1 is 1.50 bits per heavy atom. The van der Waals surface area contributed by atoms with Crippen molar-refractivity contribution in [1.29, 1.82) is 0 Å². The summed E-state index contributed by atoms with van der Waals surface area (Å²) in [6, 6.07) is 0.646. The van der Waals surface area contributed by atoms with Gasteiger partial charge in [-0.2, -0.15) is 0 Å². The van der Waals surface area contributed by atoms with Crippen LogP contribution in [0.2, 0.25) is 0 Å². The first-order valence-corrected chi connectivity index (χ1v) is 6.25. The van der Waals surface area contributed by atoms with Gasteiger partial charge in [-0.05, 0) is 18.8 Å². The van der Waals surface area contributed by atoms with Crippen LogP contribution in [-0.2, 0) is 4.74 Å². The third-order valence-corrected chi connectivity index (χ3v) is 2.49. The van der Waals surface area contributed by atoms with Crippen molar-refractivity contribution in [2.45, 2.75) is 46.1 Å². The zero-order valence-electron chi connectivity index (χ0n) is 11.7. The lowest BCUT2D eigenvalue weighted by Gasteiger charge is -2.19. The van der Waals surface area contributed by atoms with E-state index in [1.807, 2.05) is 12.5 Å². The summed E-state index contributed by atoms with van der Waals surface area (Å²) in [5.74, 6) is 0.763. The molecule has 0 radical (unpaired) electrons. The molecule has 0 amide bonds. The fourth-order valence-electron chi connectivity index (χ4n) is 1.75. The zero-order valence-corrected chi connectivity index (χ0v) is 11.7. The molecule has 0 aliphatic carbocycles. The fourth-order valence-corrected chi connectivity index (χ4v) is 1.75. The van der Waals surface area contributed by atoms with Crippen molar-refractivity contribution in [1.82, 2.24) is 9.55 Å². The lowest BCUT2D eigenvalue weighted by Crippen LogP contribution is -2.09. The maximum atomic E-state index is 9.15. The van der Waals surface area contributed by atoms with Gasteiger partial charge < -0.3 is 14.4 Å². The minimum Gasteiger partial charge on any atom is -0.450 e. The van der Waals surface area contributed by atoms with Gasteiger partial charge in [-0.3, -0.25) is 0 Å². The van der Waals surface area contributed by atoms with Crippen LogP contribution in [-0.4, -0.2) is 27.9 Å². The molecule has 1 rings (SSSR count). The van der Waals surface area contributed by atoms with Crippen molar-refractivity contribution in [3.8, 4) is 0 Å². The molecule has 0 saturated carbocycles. The number of methoxy groups -OCH3 is 1. The molecule has 0 aliphatic heterocycles. The molecule has 18 heavy (non-hydrogen) atoms. The predicted molar refractivity (Wildman–Crippen MR) is 70.7 cm³/mol. The second kappa shape index (κ2) is 9.50. The number of rotatable bonds is 5. The van der Waals surface area contributed by atoms with Gasteiger partial charge in [-0.15, -0.1) is 0 Å². The number of imidazole rings is 1. The minimum atomic E-state index is -1.25. The highest BCUT2D eigenvalue weighted by molar-refractivity contribution is 5.56. The van der Waals surface area contributed by atoms with Crippen LogP contribution in [0.3, 0.4) is 0 Å². The maximum absolute atomic E-state index is 9.15. The Balaban J connectivity index is 0.000000494. The molecule has 104 valence electrons. The molecule has 0 spiro atoms. The molecule has 1 heterocycles. The first kappa shape index (κ1) is 16.5. The van der Waals surface area contributed by atoms with Crippen molar-refractivity contribution in [2.24, 2.45) is 5.92 Å². The number of aromatic nitrogens is 2. The Morgan fingerprint density at radius 2 is 2.11 bits per heavy atom. The van der Waals surface area contributed by atoms with Crippen LogP contribution in [0, 0.1) is 5.92 Å². The molecule has 1 unspecified atom stereocenters. The van der Waals surface area contributed by atoms with Gasteiger partial charge in [0.05, 0.1) is 13.4 Å². The van der Waals surface area contributed by atoms with Crippen molar-refractivity contribution in [3.63, 3.8) is 0 Å². The second-order valence-corrected chi connectivity index (χ2v) is 4.55. The Bertz CT molecular complexity index is 310. The smallest absolute Gasteiger partial charge is 0.450 e. The highest BCUT2D eigenvalue weighted by Gasteiger charge is 2.10. The molecular weight excluding hydrogens is 232 g/mol. The number of carbonyl (C=O) groups is 1. The molecular formula is C13H24N2O3. The quantitative estimate of drug-likeness (QED) is 0.818. The van der Waals surface area contributed by atoms with E-state index in [-0.39, 0.29) is 0 Å². The summed E-state index contributed by atoms with van der Waals surface area (Å²) in [6.45, 7) is 6.80. The Hall–Kier alpha value is -1.52. The van der Waals surface area contributed by atoms with E-state index in [1.165, 1.54) is 19.3 Å². The number of carboxylic acid groups (broad SMARTS) is 1. The summed E-state index contributed by atoms with van der Waals surface area (Å²) < 4.78 is 5.91. The van der Waals surface area contributed by atoms with Gasteiger partial charge in [-0.25, -0.2) is 9.78 Å². The van der Waals surface area contributed by atoms with Crippen LogP contribution in [0.5, 0.6) is 0 Å². The summed E-state index contributed by atoms with van der Waals surface area (Å²) in [5, 5.41) is 7.50. The van der Waals surface area contributed by atoms with Gasteiger partial charge in [0.25, 0.3) is 0 Å². The van der Waals surface area contributed by atoms with Gasteiger partial charge in [0, 0.05) is 18.4 Å². The van der Waals surface area contributed by atoms with Gasteiger partial charge in [0.15, 0.2) is 0 Å². The van der Waals surface area contributed by atoms with E-state index < -0.39 is 6.16 Å². The predicted octanol–water partition coefficient (Wildman–Crippen LogP) is 3.58. The summed E-state index contributed by atoms with van der Waals surface area (Å²) in [5.41, 5.74) is 0. The number of hydrogen-bond acceptors (Lipinski definition) is 3. The largest absolute Gasteiger partial charge is 0.505 e. The second-order valence-electron chi connectivity index (χ2n) is 4.55. The molecule has 0 bridgehead atoms. The molecule has 5 heteroatoms. The normalized spacial score (nSPS) is 11.6. The van der Waals surface area contributed by atoms with Crippen LogP contribution in [0.15, 0.2) is 18.7 Å². The number of ether oxygens (including phenoxy) is 1. The summed E-state index contributed by atoms with van der Waals surface area (Å²) in [4.78, 5) is 13.2. The molecule has 0 saturated heterocycles. The molecule has 0 aromatic carbocycles. The Morgan fingerprint density at radius 3 is 2.44 bits per heavy atom. The van der Waals surface area contributed by atoms with E-state index in [1.54, 1.807) is 0 Å². The van der Waals surface area contributed by atoms with E-state index >= 15 is 0 Å². The average molecular weight is 256 g/mol. The van der Waals surface area contributed by atoms with Crippen molar-refractivity contribution < 1.29 is 14.6 Å². The Kier molecular flexibility index (Phi) is 8.70. The van der Waals surface area contributed by atoms with E-state index in [0.29, 0.717) is 6.04 Å². The van der Waals surface area contributed by atoms with E-state index in [0.717, 1.165) is 13.0 Å². The zero-order chi connectivity index (χ0) is 14.0. The Labute approximate surface area is 109 Å². The molecule has 5 nitrogen and oxygen atoms in total. The number of nitrogens with zero attached hydrogens (tertiary/aromatic N) is 2. The molecule has 0 fully saturated rings. The molecule has 1 N–H and O–H groups in total. The molecule has 1 atom stereocenters. The van der Waals surface area contributed by atoms with Crippen LogP contribution in [0.1, 0.15) is 46.1 Å². The molecule has 1 aromatic rings. The highest BCUT2D eigenvalue weighted by Crippen LogP contribution is 2.21. The SMILES string of the molecule is CCCC(CC(C)C)n1ccnc1.COC(=O)O. The van der Waals surface area contributed by atoms with E-state index in [2.05, 4.69) is 41.3 Å². The summed E-state index contributed by atoms with van der Waals surface area (Å²) >= 11 is 0. The third-order valence-electron chi connectivity index (χ3n) is 2.49. The van der Waals surface area contributed by atoms with Crippen molar-refractivity contribution in [3.05, 3.63) is 18.7 Å². The van der Waals surface area contributed by atoms with Crippen molar-refractivity contribution in [2.75, 3.05) is 7.11 Å². The minimum absolute atomic E-state index is 0.646. The third kappa shape index (κ3) is 7.70. The monoisotopic (exact) mass is 256 g/mol. The number of hydrogen-bond donors (Lipinski definition) is 1. The first-order valence-electron chi connectivity index (χ1n) is 6.25. The van der Waals surface area contributed by atoms with Gasteiger partial charge >= 0.3 is 6.16 Å². The average Bonchev–Trinajstić information content (AvgIpc) is 2.82. The van der Waals surface area contributed by atoms with E-state index in [9.17, 15) is 0 Å². The maximum Gasteiger partial charge on any atom is 0.505 e. The summed E-state index contributed by atoms with van der Waals surface area (Å²) in [7, 11) is 1.10. The van der Waals surface area contributed by atoms with Gasteiger partial charge in [0.2, 0.25) is 0 Å². The van der Waals surface area contributed by atoms with Gasteiger partial charge in [-0.1, -0.05) is 27.2 Å². The first-order chi connectivity index (χ1) is 8.51. The van der Waals surface area contributed by atoms with Crippen LogP contribution in [0.4, 0.5) is 4.79 Å². The van der Waals surface area contributed by atoms with Gasteiger partial charge in [0.1, 0.15) is 0 Å². The van der Waals surface area contributed by atoms with Crippen LogP contribution in [0.25, 0.3) is 0 Å². The van der Waals surface area contributed by atoms with Crippen LogP contribution < -0.4 is 0 Å². The topological polar surface area (TPSA) is 64.4 Å².